The third-order valence-corrected chi connectivity index (χ3v) is 4.84. The largest absolute Gasteiger partial charge is 0.465 e. The molecule has 0 spiro atoms. The van der Waals surface area contributed by atoms with Crippen LogP contribution in [0.4, 0.5) is 5.69 Å². The van der Waals surface area contributed by atoms with Crippen LogP contribution < -0.4 is 5.32 Å². The van der Waals surface area contributed by atoms with E-state index in [4.69, 9.17) is 0 Å². The van der Waals surface area contributed by atoms with Gasteiger partial charge in [0, 0.05) is 16.8 Å². The van der Waals surface area contributed by atoms with Gasteiger partial charge in [-0.2, -0.15) is 0 Å². The van der Waals surface area contributed by atoms with Crippen LogP contribution in [0.25, 0.3) is 0 Å². The van der Waals surface area contributed by atoms with Gasteiger partial charge in [0.1, 0.15) is 5.03 Å². The summed E-state index contributed by atoms with van der Waals surface area (Å²) in [6.07, 6.45) is 1.67. The number of ether oxygens (including phenoxy) is 1. The number of carbonyl (C=O) groups excluding carboxylic acids is 2. The Morgan fingerprint density at radius 2 is 1.70 bits per heavy atom. The molecular weight excluding hydrogens is 360 g/mol. The summed E-state index contributed by atoms with van der Waals surface area (Å²) in [4.78, 5) is 29.5. The zero-order valence-corrected chi connectivity index (χ0v) is 15.7. The first-order valence-corrected chi connectivity index (χ1v) is 9.08. The van der Waals surface area contributed by atoms with E-state index in [0.717, 1.165) is 4.90 Å². The van der Waals surface area contributed by atoms with Gasteiger partial charge in [0.15, 0.2) is 0 Å². The Labute approximate surface area is 161 Å². The van der Waals surface area contributed by atoms with E-state index >= 15 is 0 Å². The van der Waals surface area contributed by atoms with E-state index in [0.29, 0.717) is 21.8 Å². The predicted molar refractivity (Wildman–Crippen MR) is 105 cm³/mol. The normalized spacial score (nSPS) is 10.3. The number of esters is 1. The van der Waals surface area contributed by atoms with Crippen molar-refractivity contribution in [3.8, 4) is 0 Å². The first kappa shape index (κ1) is 18.7. The zero-order chi connectivity index (χ0) is 19.2. The number of nitrogens with one attached hydrogen (secondary N) is 1. The molecule has 0 saturated carbocycles. The summed E-state index contributed by atoms with van der Waals surface area (Å²) in [7, 11) is 1.33. The van der Waals surface area contributed by atoms with Gasteiger partial charge in [-0.25, -0.2) is 9.78 Å². The summed E-state index contributed by atoms with van der Waals surface area (Å²) in [6.45, 7) is 2.03. The molecule has 2 aromatic carbocycles. The smallest absolute Gasteiger partial charge is 0.337 e. The van der Waals surface area contributed by atoms with Crippen LogP contribution in [0.2, 0.25) is 0 Å². The molecule has 3 aromatic rings. The number of benzene rings is 2. The fourth-order valence-electron chi connectivity index (χ4n) is 2.37. The number of amides is 1. The molecule has 1 N–H and O–H groups in total. The molecule has 0 saturated heterocycles. The van der Waals surface area contributed by atoms with Crippen molar-refractivity contribution in [2.45, 2.75) is 16.8 Å². The van der Waals surface area contributed by atoms with Crippen molar-refractivity contribution >= 4 is 29.3 Å². The molecule has 6 heteroatoms. The molecule has 27 heavy (non-hydrogen) atoms. The van der Waals surface area contributed by atoms with Crippen molar-refractivity contribution in [1.82, 2.24) is 4.98 Å². The Kier molecular flexibility index (Phi) is 5.88. The van der Waals surface area contributed by atoms with Crippen LogP contribution in [0.5, 0.6) is 0 Å². The highest BCUT2D eigenvalue weighted by atomic mass is 32.2. The fraction of sp³-hybridized carbons (Fsp3) is 0.0952. The van der Waals surface area contributed by atoms with Crippen molar-refractivity contribution in [1.29, 1.82) is 0 Å². The van der Waals surface area contributed by atoms with Gasteiger partial charge in [-0.15, -0.1) is 0 Å². The maximum absolute atomic E-state index is 12.7. The lowest BCUT2D eigenvalue weighted by molar-refractivity contribution is 0.0600. The molecule has 0 bridgehead atoms. The van der Waals surface area contributed by atoms with Crippen LogP contribution >= 0.6 is 11.8 Å². The third kappa shape index (κ3) is 4.74. The minimum atomic E-state index is -0.420. The summed E-state index contributed by atoms with van der Waals surface area (Å²) < 4.78 is 4.67. The van der Waals surface area contributed by atoms with E-state index in [9.17, 15) is 9.59 Å². The Morgan fingerprint density at radius 3 is 2.37 bits per heavy atom. The van der Waals surface area contributed by atoms with Crippen LogP contribution in [0, 0.1) is 6.92 Å². The van der Waals surface area contributed by atoms with Crippen LogP contribution in [0.15, 0.2) is 76.8 Å². The lowest BCUT2D eigenvalue weighted by Gasteiger charge is -2.09. The Hall–Kier alpha value is -3.12. The molecule has 0 radical (unpaired) electrons. The van der Waals surface area contributed by atoms with Crippen molar-refractivity contribution in [2.75, 3.05) is 12.4 Å². The van der Waals surface area contributed by atoms with Gasteiger partial charge in [0.05, 0.1) is 18.2 Å². The fourth-order valence-corrected chi connectivity index (χ4v) is 3.25. The van der Waals surface area contributed by atoms with Gasteiger partial charge in [0.25, 0.3) is 5.91 Å². The summed E-state index contributed by atoms with van der Waals surface area (Å²) in [5.41, 5.74) is 2.67. The van der Waals surface area contributed by atoms with E-state index < -0.39 is 5.97 Å². The number of nitrogens with zero attached hydrogens (tertiary/aromatic N) is 1. The number of anilines is 1. The summed E-state index contributed by atoms with van der Waals surface area (Å²) in [5, 5.41) is 3.46. The van der Waals surface area contributed by atoms with Crippen molar-refractivity contribution in [3.05, 3.63) is 83.6 Å². The van der Waals surface area contributed by atoms with Crippen LogP contribution in [-0.4, -0.2) is 24.0 Å². The van der Waals surface area contributed by atoms with Gasteiger partial charge >= 0.3 is 5.97 Å². The number of hydrogen-bond acceptors (Lipinski definition) is 5. The molecule has 0 atom stereocenters. The van der Waals surface area contributed by atoms with E-state index in [-0.39, 0.29) is 5.91 Å². The number of hydrogen-bond donors (Lipinski definition) is 1. The van der Waals surface area contributed by atoms with E-state index in [1.165, 1.54) is 24.4 Å². The molecule has 0 aliphatic heterocycles. The Morgan fingerprint density at radius 1 is 1.00 bits per heavy atom. The van der Waals surface area contributed by atoms with Crippen LogP contribution in [0.3, 0.4) is 0 Å². The SMILES string of the molecule is COC(=O)c1ccc(NC(=O)c2cccnc2Sc2ccc(C)cc2)cc1. The zero-order valence-electron chi connectivity index (χ0n) is 14.9. The first-order chi connectivity index (χ1) is 13.1. The number of pyridine rings is 1. The second kappa shape index (κ2) is 8.51. The quantitative estimate of drug-likeness (QED) is 0.658. The molecule has 0 fully saturated rings. The van der Waals surface area contributed by atoms with E-state index in [1.807, 2.05) is 31.2 Å². The molecular formula is C21H18N2O3S. The van der Waals surface area contributed by atoms with E-state index in [1.54, 1.807) is 42.6 Å². The lowest BCUT2D eigenvalue weighted by atomic mass is 10.2. The van der Waals surface area contributed by atoms with Crippen molar-refractivity contribution in [3.63, 3.8) is 0 Å². The molecule has 1 amide bonds. The number of aromatic nitrogens is 1. The minimum absolute atomic E-state index is 0.261. The maximum Gasteiger partial charge on any atom is 0.337 e. The summed E-state index contributed by atoms with van der Waals surface area (Å²) >= 11 is 1.44. The summed E-state index contributed by atoms with van der Waals surface area (Å²) in [6, 6.07) is 18.0. The van der Waals surface area contributed by atoms with Crippen LogP contribution in [0.1, 0.15) is 26.3 Å². The molecule has 0 aliphatic carbocycles. The molecule has 0 unspecified atom stereocenters. The number of carbonyl (C=O) groups is 2. The van der Waals surface area contributed by atoms with Gasteiger partial charge < -0.3 is 10.1 Å². The minimum Gasteiger partial charge on any atom is -0.465 e. The Balaban J connectivity index is 1.77. The highest BCUT2D eigenvalue weighted by Gasteiger charge is 2.14. The molecule has 3 rings (SSSR count). The second-order valence-electron chi connectivity index (χ2n) is 5.79. The van der Waals surface area contributed by atoms with E-state index in [2.05, 4.69) is 15.0 Å². The molecule has 1 heterocycles. The number of rotatable bonds is 5. The molecule has 5 nitrogen and oxygen atoms in total. The highest BCUT2D eigenvalue weighted by Crippen LogP contribution is 2.29. The maximum atomic E-state index is 12.7. The van der Waals surface area contributed by atoms with Crippen molar-refractivity contribution < 1.29 is 14.3 Å². The first-order valence-electron chi connectivity index (χ1n) is 8.26. The number of methoxy groups -OCH3 is 1. The van der Waals surface area contributed by atoms with Gasteiger partial charge in [-0.05, 0) is 55.5 Å². The average Bonchev–Trinajstić information content (AvgIpc) is 2.70. The third-order valence-electron chi connectivity index (χ3n) is 3.82. The highest BCUT2D eigenvalue weighted by molar-refractivity contribution is 7.99. The Bertz CT molecular complexity index is 954. The van der Waals surface area contributed by atoms with Gasteiger partial charge in [-0.3, -0.25) is 4.79 Å². The average molecular weight is 378 g/mol. The molecule has 1 aromatic heterocycles. The predicted octanol–water partition coefficient (Wildman–Crippen LogP) is 4.58. The lowest BCUT2D eigenvalue weighted by Crippen LogP contribution is -2.13. The summed E-state index contributed by atoms with van der Waals surface area (Å²) in [5.74, 6) is -0.680. The molecule has 136 valence electrons. The van der Waals surface area contributed by atoms with Gasteiger partial charge in [0.2, 0.25) is 0 Å². The van der Waals surface area contributed by atoms with Crippen molar-refractivity contribution in [2.24, 2.45) is 0 Å². The topological polar surface area (TPSA) is 68.3 Å². The van der Waals surface area contributed by atoms with Crippen LogP contribution in [-0.2, 0) is 4.74 Å². The second-order valence-corrected chi connectivity index (χ2v) is 6.86. The standard InChI is InChI=1S/C21H18N2O3S/c1-14-5-11-17(12-6-14)27-20-18(4-3-13-22-20)19(24)23-16-9-7-15(8-10-16)21(25)26-2/h3-13H,1-2H3,(H,23,24). The number of aryl methyl sites for hydroxylation is 1. The van der Waals surface area contributed by atoms with Gasteiger partial charge in [-0.1, -0.05) is 29.5 Å². The monoisotopic (exact) mass is 378 g/mol. The molecule has 0 aliphatic rings.